The standard InChI is InChI=1S/C40H45N7O7S/c1-24(2)19-36(48)43-26(5)39(49)44-31-15-9-28(10-16-31)23-53-40(50)47(6)22-27-7-11-29(12-8-27)33-20-35(54-46-33)37-38(41)42-21-34(45-37)30-13-17-32(18-14-30)55(51,52)25(3)4/h7-18,20-21,24-26H,19,22-23H2,1-6H3,(H2,41,42)(H,43,48)(H,44,49). The lowest BCUT2D eigenvalue weighted by molar-refractivity contribution is -0.126. The van der Waals surface area contributed by atoms with Crippen LogP contribution in [-0.4, -0.2) is 64.7 Å². The summed E-state index contributed by atoms with van der Waals surface area (Å²) in [6.45, 7) is 9.11. The van der Waals surface area contributed by atoms with Gasteiger partial charge in [-0.3, -0.25) is 9.59 Å². The van der Waals surface area contributed by atoms with Crippen LogP contribution in [-0.2, 0) is 37.3 Å². The quantitative estimate of drug-likeness (QED) is 0.112. The molecule has 0 spiro atoms. The maximum Gasteiger partial charge on any atom is 0.410 e. The first-order chi connectivity index (χ1) is 26.1. The van der Waals surface area contributed by atoms with Crippen molar-refractivity contribution in [2.24, 2.45) is 5.92 Å². The predicted molar refractivity (Wildman–Crippen MR) is 209 cm³/mol. The third kappa shape index (κ3) is 10.3. The molecule has 1 unspecified atom stereocenters. The Morgan fingerprint density at radius 2 is 1.49 bits per heavy atom. The summed E-state index contributed by atoms with van der Waals surface area (Å²) in [7, 11) is -1.77. The molecule has 3 aromatic carbocycles. The van der Waals surface area contributed by atoms with E-state index in [9.17, 15) is 22.8 Å². The van der Waals surface area contributed by atoms with Crippen LogP contribution in [0.1, 0.15) is 52.2 Å². The van der Waals surface area contributed by atoms with Crippen LogP contribution in [0.2, 0.25) is 0 Å². The van der Waals surface area contributed by atoms with Crippen molar-refractivity contribution in [3.63, 3.8) is 0 Å². The van der Waals surface area contributed by atoms with E-state index in [1.54, 1.807) is 82.4 Å². The van der Waals surface area contributed by atoms with Gasteiger partial charge in [0.05, 0.1) is 22.0 Å². The van der Waals surface area contributed by atoms with Crippen LogP contribution in [0.4, 0.5) is 16.3 Å². The first-order valence-electron chi connectivity index (χ1n) is 17.7. The smallest absolute Gasteiger partial charge is 0.410 e. The maximum absolute atomic E-state index is 12.8. The lowest BCUT2D eigenvalue weighted by Gasteiger charge is -2.17. The summed E-state index contributed by atoms with van der Waals surface area (Å²) in [6, 6.07) is 21.8. The average Bonchev–Trinajstić information content (AvgIpc) is 3.64. The van der Waals surface area contributed by atoms with Gasteiger partial charge in [0.15, 0.2) is 27.1 Å². The third-order valence-corrected chi connectivity index (χ3v) is 10.7. The normalized spacial score (nSPS) is 12.0. The summed E-state index contributed by atoms with van der Waals surface area (Å²) >= 11 is 0. The van der Waals surface area contributed by atoms with Crippen LogP contribution in [0.25, 0.3) is 34.0 Å². The zero-order valence-electron chi connectivity index (χ0n) is 31.6. The number of nitrogens with two attached hydrogens (primary N) is 1. The Bertz CT molecular complexity index is 2240. The number of benzene rings is 3. The Hall–Kier alpha value is -6.09. The van der Waals surface area contributed by atoms with Gasteiger partial charge in [0.1, 0.15) is 18.3 Å². The molecule has 0 saturated heterocycles. The summed E-state index contributed by atoms with van der Waals surface area (Å²) < 4.78 is 36.1. The second kappa shape index (κ2) is 17.4. The fourth-order valence-corrected chi connectivity index (χ4v) is 6.44. The monoisotopic (exact) mass is 767 g/mol. The number of hydrogen-bond donors (Lipinski definition) is 3. The number of amides is 3. The van der Waals surface area contributed by atoms with Crippen LogP contribution < -0.4 is 16.4 Å². The predicted octanol–water partition coefficient (Wildman–Crippen LogP) is 6.49. The van der Waals surface area contributed by atoms with Gasteiger partial charge in [-0.2, -0.15) is 0 Å². The molecule has 14 nitrogen and oxygen atoms in total. The Morgan fingerprint density at radius 1 is 0.873 bits per heavy atom. The molecule has 2 aromatic heterocycles. The molecule has 0 aliphatic heterocycles. The minimum atomic E-state index is -3.41. The Morgan fingerprint density at radius 3 is 2.13 bits per heavy atom. The number of nitrogens with zero attached hydrogens (tertiary/aromatic N) is 4. The Balaban J connectivity index is 1.13. The minimum Gasteiger partial charge on any atom is -0.445 e. The summed E-state index contributed by atoms with van der Waals surface area (Å²) in [6.07, 6.45) is 1.35. The molecule has 15 heteroatoms. The molecule has 1 atom stereocenters. The second-order valence-corrected chi connectivity index (χ2v) is 16.4. The van der Waals surface area contributed by atoms with Crippen molar-refractivity contribution in [2.75, 3.05) is 18.1 Å². The SMILES string of the molecule is CC(C)CC(=O)NC(C)C(=O)Nc1ccc(COC(=O)N(C)Cc2ccc(-c3cc(-c4nc(-c5ccc(S(=O)(=O)C(C)C)cc5)cnc4N)on3)cc2)cc1. The number of rotatable bonds is 14. The number of carbonyl (C=O) groups excluding carboxylic acids is 3. The van der Waals surface area contributed by atoms with Crippen LogP contribution in [0, 0.1) is 5.92 Å². The Kier molecular flexibility index (Phi) is 12.7. The number of nitrogen functional groups attached to an aromatic ring is 1. The van der Waals surface area contributed by atoms with E-state index in [2.05, 4.69) is 25.8 Å². The van der Waals surface area contributed by atoms with Crippen molar-refractivity contribution in [1.29, 1.82) is 0 Å². The molecule has 55 heavy (non-hydrogen) atoms. The Labute approximate surface area is 320 Å². The van der Waals surface area contributed by atoms with Crippen molar-refractivity contribution in [2.45, 2.75) is 70.4 Å². The van der Waals surface area contributed by atoms with E-state index in [1.807, 2.05) is 38.1 Å². The summed E-state index contributed by atoms with van der Waals surface area (Å²) in [4.78, 5) is 47.8. The summed E-state index contributed by atoms with van der Waals surface area (Å²) in [5.41, 5.74) is 11.0. The van der Waals surface area contributed by atoms with E-state index in [0.717, 1.165) is 16.7 Å². The third-order valence-electron chi connectivity index (χ3n) is 8.57. The van der Waals surface area contributed by atoms with Gasteiger partial charge in [-0.1, -0.05) is 67.5 Å². The number of sulfone groups is 1. The van der Waals surface area contributed by atoms with E-state index >= 15 is 0 Å². The number of anilines is 2. The fourth-order valence-electron chi connectivity index (χ4n) is 5.38. The van der Waals surface area contributed by atoms with Crippen molar-refractivity contribution < 1.29 is 32.1 Å². The largest absolute Gasteiger partial charge is 0.445 e. The molecule has 5 rings (SSSR count). The molecule has 2 heterocycles. The zero-order valence-corrected chi connectivity index (χ0v) is 32.4. The number of carbonyl (C=O) groups is 3. The highest BCUT2D eigenvalue weighted by molar-refractivity contribution is 7.92. The van der Waals surface area contributed by atoms with E-state index in [0.29, 0.717) is 47.1 Å². The number of aromatic nitrogens is 3. The van der Waals surface area contributed by atoms with Gasteiger partial charge in [-0.25, -0.2) is 23.2 Å². The number of ether oxygens (including phenoxy) is 1. The molecule has 0 saturated carbocycles. The first kappa shape index (κ1) is 40.1. The molecule has 0 bridgehead atoms. The van der Waals surface area contributed by atoms with Crippen LogP contribution >= 0.6 is 0 Å². The summed E-state index contributed by atoms with van der Waals surface area (Å²) in [5, 5.41) is 9.12. The van der Waals surface area contributed by atoms with Gasteiger partial charge in [-0.15, -0.1) is 0 Å². The van der Waals surface area contributed by atoms with Crippen molar-refractivity contribution in [1.82, 2.24) is 25.3 Å². The minimum absolute atomic E-state index is 0.0409. The lowest BCUT2D eigenvalue weighted by atomic mass is 10.1. The summed E-state index contributed by atoms with van der Waals surface area (Å²) in [5.74, 6) is 0.141. The van der Waals surface area contributed by atoms with Gasteiger partial charge in [0.2, 0.25) is 11.8 Å². The average molecular weight is 768 g/mol. The van der Waals surface area contributed by atoms with E-state index in [1.165, 1.54) is 11.1 Å². The zero-order chi connectivity index (χ0) is 39.9. The molecule has 4 N–H and O–H groups in total. The van der Waals surface area contributed by atoms with Gasteiger partial charge in [0, 0.05) is 42.9 Å². The topological polar surface area (TPSA) is 200 Å². The van der Waals surface area contributed by atoms with Crippen molar-refractivity contribution >= 4 is 39.3 Å². The second-order valence-electron chi connectivity index (χ2n) is 13.9. The highest BCUT2D eigenvalue weighted by Gasteiger charge is 2.21. The lowest BCUT2D eigenvalue weighted by Crippen LogP contribution is -2.41. The van der Waals surface area contributed by atoms with E-state index < -0.39 is 27.2 Å². The first-order valence-corrected chi connectivity index (χ1v) is 19.3. The number of hydrogen-bond acceptors (Lipinski definition) is 11. The van der Waals surface area contributed by atoms with Gasteiger partial charge >= 0.3 is 6.09 Å². The molecule has 288 valence electrons. The molecule has 0 radical (unpaired) electrons. The fraction of sp³-hybridized carbons (Fsp3) is 0.300. The molecule has 5 aromatic rings. The van der Waals surface area contributed by atoms with Crippen LogP contribution in [0.15, 0.2) is 94.5 Å². The highest BCUT2D eigenvalue weighted by atomic mass is 32.2. The van der Waals surface area contributed by atoms with Gasteiger partial charge < -0.3 is 30.5 Å². The molecular weight excluding hydrogens is 723 g/mol. The van der Waals surface area contributed by atoms with Gasteiger partial charge in [-0.05, 0) is 62.1 Å². The molecule has 0 fully saturated rings. The van der Waals surface area contributed by atoms with Crippen molar-refractivity contribution in [3.05, 3.63) is 96.2 Å². The molecule has 3 amide bonds. The van der Waals surface area contributed by atoms with Crippen LogP contribution in [0.5, 0.6) is 0 Å². The van der Waals surface area contributed by atoms with Gasteiger partial charge in [0.25, 0.3) is 0 Å². The molecular formula is C40H45N7O7S. The van der Waals surface area contributed by atoms with E-state index in [-0.39, 0.29) is 35.1 Å². The molecule has 0 aliphatic rings. The van der Waals surface area contributed by atoms with Crippen LogP contribution in [0.3, 0.4) is 0 Å². The van der Waals surface area contributed by atoms with E-state index in [4.69, 9.17) is 15.0 Å². The molecule has 0 aliphatic carbocycles. The maximum atomic E-state index is 12.8. The highest BCUT2D eigenvalue weighted by Crippen LogP contribution is 2.30. The number of nitrogens with one attached hydrogen (secondary N) is 2. The van der Waals surface area contributed by atoms with Crippen molar-refractivity contribution in [3.8, 4) is 34.0 Å².